The Morgan fingerprint density at radius 2 is 2.00 bits per heavy atom. The van der Waals surface area contributed by atoms with Crippen molar-refractivity contribution in [2.24, 2.45) is 5.92 Å². The zero-order valence-electron chi connectivity index (χ0n) is 11.8. The Hall–Kier alpha value is -1.64. The first-order valence-electron chi connectivity index (χ1n) is 6.71. The highest BCUT2D eigenvalue weighted by molar-refractivity contribution is 4.81. The van der Waals surface area contributed by atoms with Crippen LogP contribution in [0.2, 0.25) is 0 Å². The molecule has 0 spiro atoms. The van der Waals surface area contributed by atoms with Crippen LogP contribution in [0.4, 0.5) is 0 Å². The van der Waals surface area contributed by atoms with E-state index in [-0.39, 0.29) is 6.54 Å². The van der Waals surface area contributed by atoms with E-state index in [1.807, 2.05) is 0 Å². The van der Waals surface area contributed by atoms with Gasteiger partial charge in [-0.3, -0.25) is 4.90 Å². The Labute approximate surface area is 117 Å². The molecule has 0 N–H and O–H groups in total. The minimum atomic E-state index is -0.966. The summed E-state index contributed by atoms with van der Waals surface area (Å²) in [6.45, 7) is 4.91. The summed E-state index contributed by atoms with van der Waals surface area (Å²) in [7, 11) is 0. The maximum atomic E-state index is 10.4. The molecule has 20 heavy (non-hydrogen) atoms. The molecule has 2 atom stereocenters. The quantitative estimate of drug-likeness (QED) is 0.465. The topological polar surface area (TPSA) is 108 Å². The molecule has 0 aromatic heterocycles. The van der Waals surface area contributed by atoms with Crippen LogP contribution in [0, 0.1) is 26.1 Å². The largest absolute Gasteiger partial charge is 0.312 e. The van der Waals surface area contributed by atoms with Crippen LogP contribution in [0.3, 0.4) is 0 Å². The molecule has 0 aromatic carbocycles. The van der Waals surface area contributed by atoms with Crippen LogP contribution in [0.1, 0.15) is 33.1 Å². The lowest BCUT2D eigenvalue weighted by atomic mass is 10.0. The van der Waals surface area contributed by atoms with Gasteiger partial charge < -0.3 is 9.68 Å². The van der Waals surface area contributed by atoms with Crippen molar-refractivity contribution in [3.63, 3.8) is 0 Å². The van der Waals surface area contributed by atoms with Crippen molar-refractivity contribution < 1.29 is 19.8 Å². The second-order valence-corrected chi connectivity index (χ2v) is 5.39. The van der Waals surface area contributed by atoms with Gasteiger partial charge in [-0.15, -0.1) is 20.2 Å². The van der Waals surface area contributed by atoms with Crippen LogP contribution < -0.4 is 0 Å². The Balaban J connectivity index is 2.53. The molecule has 0 radical (unpaired) electrons. The van der Waals surface area contributed by atoms with E-state index in [1.54, 1.807) is 0 Å². The van der Waals surface area contributed by atoms with Crippen molar-refractivity contribution in [1.29, 1.82) is 0 Å². The maximum absolute atomic E-state index is 10.4. The number of hydrogen-bond donors (Lipinski definition) is 0. The van der Waals surface area contributed by atoms with E-state index in [9.17, 15) is 20.2 Å². The van der Waals surface area contributed by atoms with Gasteiger partial charge >= 0.3 is 0 Å². The average molecular weight is 291 g/mol. The fraction of sp³-hybridized carbons (Fsp3) is 1.00. The van der Waals surface area contributed by atoms with Crippen molar-refractivity contribution in [3.05, 3.63) is 20.2 Å². The Morgan fingerprint density at radius 3 is 2.55 bits per heavy atom. The zero-order chi connectivity index (χ0) is 15.1. The predicted molar refractivity (Wildman–Crippen MR) is 68.9 cm³/mol. The van der Waals surface area contributed by atoms with E-state index in [0.29, 0.717) is 12.0 Å². The Morgan fingerprint density at radius 1 is 1.30 bits per heavy atom. The first-order chi connectivity index (χ1) is 9.38. The summed E-state index contributed by atoms with van der Waals surface area (Å²) in [5, 5.41) is 18.7. The monoisotopic (exact) mass is 291 g/mol. The van der Waals surface area contributed by atoms with Crippen molar-refractivity contribution >= 4 is 0 Å². The molecular formula is C11H21N3O6. The summed E-state index contributed by atoms with van der Waals surface area (Å²) in [6.07, 6.45) is 2.13. The second kappa shape index (κ2) is 7.83. The van der Waals surface area contributed by atoms with Gasteiger partial charge in [-0.1, -0.05) is 13.8 Å². The number of nitrogens with zero attached hydrogens (tertiary/aromatic N) is 3. The molecule has 1 saturated heterocycles. The van der Waals surface area contributed by atoms with Crippen LogP contribution in [0.15, 0.2) is 0 Å². The third kappa shape index (κ3) is 6.00. The summed E-state index contributed by atoms with van der Waals surface area (Å²) in [5.74, 6) is 0.533. The Bertz CT molecular complexity index is 338. The molecule has 0 bridgehead atoms. The maximum Gasteiger partial charge on any atom is 0.294 e. The van der Waals surface area contributed by atoms with Crippen LogP contribution in [-0.2, 0) is 9.68 Å². The number of hydrogen-bond acceptors (Lipinski definition) is 7. The highest BCUT2D eigenvalue weighted by Gasteiger charge is 2.29. The van der Waals surface area contributed by atoms with Gasteiger partial charge in [-0.05, 0) is 31.7 Å². The third-order valence-corrected chi connectivity index (χ3v) is 3.28. The van der Waals surface area contributed by atoms with Crippen LogP contribution >= 0.6 is 0 Å². The summed E-state index contributed by atoms with van der Waals surface area (Å²) in [6, 6.07) is 0.350. The average Bonchev–Trinajstić information content (AvgIpc) is 2.72. The van der Waals surface area contributed by atoms with E-state index in [1.165, 1.54) is 0 Å². The van der Waals surface area contributed by atoms with E-state index in [4.69, 9.17) is 0 Å². The third-order valence-electron chi connectivity index (χ3n) is 3.28. The van der Waals surface area contributed by atoms with E-state index in [2.05, 4.69) is 28.4 Å². The van der Waals surface area contributed by atoms with Gasteiger partial charge in [0.15, 0.2) is 0 Å². The Kier molecular flexibility index (Phi) is 6.43. The molecule has 9 nitrogen and oxygen atoms in total. The minimum Gasteiger partial charge on any atom is -0.312 e. The molecule has 1 rings (SSSR count). The summed E-state index contributed by atoms with van der Waals surface area (Å²) < 4.78 is 0. The van der Waals surface area contributed by atoms with E-state index < -0.39 is 22.9 Å². The molecule has 0 aliphatic carbocycles. The van der Waals surface area contributed by atoms with Crippen molar-refractivity contribution in [3.8, 4) is 0 Å². The predicted octanol–water partition coefficient (Wildman–Crippen LogP) is 1.28. The molecule has 0 saturated carbocycles. The molecule has 116 valence electrons. The summed E-state index contributed by atoms with van der Waals surface area (Å²) in [5.41, 5.74) is 0. The van der Waals surface area contributed by atoms with Gasteiger partial charge in [-0.2, -0.15) is 0 Å². The van der Waals surface area contributed by atoms with Crippen LogP contribution in [-0.4, -0.2) is 46.9 Å². The van der Waals surface area contributed by atoms with E-state index in [0.717, 1.165) is 25.8 Å². The van der Waals surface area contributed by atoms with Crippen LogP contribution in [0.5, 0.6) is 0 Å². The van der Waals surface area contributed by atoms with Gasteiger partial charge in [-0.25, -0.2) is 0 Å². The fourth-order valence-electron chi connectivity index (χ4n) is 2.59. The number of likely N-dealkylation sites (tertiary alicyclic amines) is 1. The molecule has 1 aliphatic rings. The first-order valence-corrected chi connectivity index (χ1v) is 6.71. The SMILES string of the molecule is CC(C)CC1CCCN1CC(CO[N+](=O)[O-])O[N+](=O)[O-]. The van der Waals surface area contributed by atoms with E-state index >= 15 is 0 Å². The molecule has 1 heterocycles. The van der Waals surface area contributed by atoms with Crippen molar-refractivity contribution in [2.45, 2.75) is 45.3 Å². The lowest BCUT2D eigenvalue weighted by Crippen LogP contribution is -2.41. The molecule has 1 aliphatic heterocycles. The second-order valence-electron chi connectivity index (χ2n) is 5.39. The van der Waals surface area contributed by atoms with Gasteiger partial charge in [0, 0.05) is 12.6 Å². The molecule has 2 unspecified atom stereocenters. The van der Waals surface area contributed by atoms with Crippen molar-refractivity contribution in [1.82, 2.24) is 4.90 Å². The van der Waals surface area contributed by atoms with Gasteiger partial charge in [0.25, 0.3) is 10.2 Å². The lowest BCUT2D eigenvalue weighted by molar-refractivity contribution is -0.789. The normalized spacial score (nSPS) is 20.9. The first kappa shape index (κ1) is 16.4. The highest BCUT2D eigenvalue weighted by Crippen LogP contribution is 2.23. The number of rotatable bonds is 9. The molecule has 1 fully saturated rings. The smallest absolute Gasteiger partial charge is 0.294 e. The molecular weight excluding hydrogens is 270 g/mol. The highest BCUT2D eigenvalue weighted by atomic mass is 17.0. The zero-order valence-corrected chi connectivity index (χ0v) is 11.8. The van der Waals surface area contributed by atoms with Crippen LogP contribution in [0.25, 0.3) is 0 Å². The molecule has 0 amide bonds. The molecule has 0 aromatic rings. The summed E-state index contributed by atoms with van der Waals surface area (Å²) >= 11 is 0. The van der Waals surface area contributed by atoms with Crippen molar-refractivity contribution in [2.75, 3.05) is 19.7 Å². The standard InChI is InChI=1S/C11H21N3O6/c1-9(2)6-10-4-3-5-12(10)7-11(20-14(17)18)8-19-13(15)16/h9-11H,3-8H2,1-2H3. The lowest BCUT2D eigenvalue weighted by Gasteiger charge is -2.28. The fourth-order valence-corrected chi connectivity index (χ4v) is 2.59. The summed E-state index contributed by atoms with van der Waals surface area (Å²) in [4.78, 5) is 31.4. The minimum absolute atomic E-state index is 0.270. The van der Waals surface area contributed by atoms with Gasteiger partial charge in [0.2, 0.25) is 0 Å². The van der Waals surface area contributed by atoms with Gasteiger partial charge in [0.1, 0.15) is 12.7 Å². The molecule has 9 heteroatoms. The van der Waals surface area contributed by atoms with Gasteiger partial charge in [0.05, 0.1) is 0 Å².